The van der Waals surface area contributed by atoms with E-state index in [0.29, 0.717) is 18.1 Å². The van der Waals surface area contributed by atoms with Gasteiger partial charge in [0.1, 0.15) is 0 Å². The van der Waals surface area contributed by atoms with Crippen LogP contribution in [-0.2, 0) is 11.2 Å². The van der Waals surface area contributed by atoms with Crippen molar-refractivity contribution in [2.45, 2.75) is 25.9 Å². The highest BCUT2D eigenvalue weighted by Crippen LogP contribution is 2.29. The molecule has 3 rings (SSSR count). The van der Waals surface area contributed by atoms with E-state index in [-0.39, 0.29) is 12.1 Å². The Balaban J connectivity index is 1.53. The predicted molar refractivity (Wildman–Crippen MR) is 96.0 cm³/mol. The van der Waals surface area contributed by atoms with Gasteiger partial charge in [-0.25, -0.2) is 9.78 Å². The first-order valence-electron chi connectivity index (χ1n) is 8.43. The molecule has 0 saturated heterocycles. The van der Waals surface area contributed by atoms with Crippen LogP contribution in [0.1, 0.15) is 29.3 Å². The Kier molecular flexibility index (Phi) is 5.50. The van der Waals surface area contributed by atoms with Crippen molar-refractivity contribution in [2.75, 3.05) is 25.6 Å². The number of anilines is 1. The molecule has 1 aliphatic heterocycles. The van der Waals surface area contributed by atoms with Gasteiger partial charge in [0.2, 0.25) is 0 Å². The van der Waals surface area contributed by atoms with Gasteiger partial charge in [-0.1, -0.05) is 24.3 Å². The molecule has 6 nitrogen and oxygen atoms in total. The molecule has 1 aromatic heterocycles. The molecule has 6 heteroatoms. The van der Waals surface area contributed by atoms with E-state index < -0.39 is 0 Å². The largest absolute Gasteiger partial charge is 0.493 e. The molecule has 0 fully saturated rings. The molecule has 0 saturated carbocycles. The van der Waals surface area contributed by atoms with Gasteiger partial charge in [0.15, 0.2) is 11.6 Å². The third-order valence-corrected chi connectivity index (χ3v) is 4.23. The SMILES string of the molecule is COc1ccc(C)nc1NC(=O)NCCC1OCCc2ccccc21. The lowest BCUT2D eigenvalue weighted by molar-refractivity contribution is 0.0373. The number of rotatable bonds is 5. The molecule has 1 unspecified atom stereocenters. The zero-order valence-electron chi connectivity index (χ0n) is 14.5. The van der Waals surface area contributed by atoms with Crippen LogP contribution in [0.2, 0.25) is 0 Å². The molecular formula is C19H23N3O3. The number of methoxy groups -OCH3 is 1. The van der Waals surface area contributed by atoms with Crippen LogP contribution in [0.15, 0.2) is 36.4 Å². The number of pyridine rings is 1. The third-order valence-electron chi connectivity index (χ3n) is 4.23. The summed E-state index contributed by atoms with van der Waals surface area (Å²) < 4.78 is 11.1. The average molecular weight is 341 g/mol. The number of carbonyl (C=O) groups excluding carboxylic acids is 1. The Morgan fingerprint density at radius 3 is 3.00 bits per heavy atom. The highest BCUT2D eigenvalue weighted by Gasteiger charge is 2.20. The summed E-state index contributed by atoms with van der Waals surface area (Å²) in [5.41, 5.74) is 3.36. The van der Waals surface area contributed by atoms with Crippen molar-refractivity contribution < 1.29 is 14.3 Å². The van der Waals surface area contributed by atoms with Gasteiger partial charge >= 0.3 is 6.03 Å². The molecule has 1 atom stereocenters. The number of hydrogen-bond donors (Lipinski definition) is 2. The fourth-order valence-corrected chi connectivity index (χ4v) is 2.98. The molecule has 2 amide bonds. The number of fused-ring (bicyclic) bond motifs is 1. The zero-order valence-corrected chi connectivity index (χ0v) is 14.5. The van der Waals surface area contributed by atoms with Crippen molar-refractivity contribution in [3.8, 4) is 5.75 Å². The number of amides is 2. The van der Waals surface area contributed by atoms with Crippen LogP contribution in [0, 0.1) is 6.92 Å². The molecule has 0 bridgehead atoms. The molecule has 0 aliphatic carbocycles. The maximum Gasteiger partial charge on any atom is 0.320 e. The van der Waals surface area contributed by atoms with Gasteiger partial charge in [-0.2, -0.15) is 0 Å². The second-order valence-electron chi connectivity index (χ2n) is 5.98. The summed E-state index contributed by atoms with van der Waals surface area (Å²) in [6, 6.07) is 11.6. The summed E-state index contributed by atoms with van der Waals surface area (Å²) in [5, 5.41) is 5.59. The molecule has 0 radical (unpaired) electrons. The number of benzene rings is 1. The minimum absolute atomic E-state index is 0.0249. The first-order valence-corrected chi connectivity index (χ1v) is 8.43. The van der Waals surface area contributed by atoms with E-state index in [2.05, 4.69) is 33.8 Å². The van der Waals surface area contributed by atoms with E-state index >= 15 is 0 Å². The Morgan fingerprint density at radius 1 is 1.32 bits per heavy atom. The molecule has 25 heavy (non-hydrogen) atoms. The smallest absolute Gasteiger partial charge is 0.320 e. The second kappa shape index (κ2) is 7.98. The van der Waals surface area contributed by atoms with Gasteiger partial charge in [0, 0.05) is 12.2 Å². The number of nitrogens with one attached hydrogen (secondary N) is 2. The standard InChI is InChI=1S/C19H23N3O3/c1-13-7-8-17(24-2)18(21-13)22-19(23)20-11-9-16-15-6-4-3-5-14(15)10-12-25-16/h3-8,16H,9-12H2,1-2H3,(H2,20,21,22,23). The fraction of sp³-hybridized carbons (Fsp3) is 0.368. The molecular weight excluding hydrogens is 318 g/mol. The lowest BCUT2D eigenvalue weighted by atomic mass is 9.96. The lowest BCUT2D eigenvalue weighted by Crippen LogP contribution is -2.31. The monoisotopic (exact) mass is 341 g/mol. The summed E-state index contributed by atoms with van der Waals surface area (Å²) in [4.78, 5) is 16.4. The van der Waals surface area contributed by atoms with Gasteiger partial charge in [-0.15, -0.1) is 0 Å². The number of nitrogens with zero attached hydrogens (tertiary/aromatic N) is 1. The Bertz CT molecular complexity index is 748. The first-order chi connectivity index (χ1) is 12.2. The first kappa shape index (κ1) is 17.2. The van der Waals surface area contributed by atoms with E-state index in [1.807, 2.05) is 19.1 Å². The third kappa shape index (κ3) is 4.28. The lowest BCUT2D eigenvalue weighted by Gasteiger charge is -2.26. The fourth-order valence-electron chi connectivity index (χ4n) is 2.98. The van der Waals surface area contributed by atoms with Crippen LogP contribution >= 0.6 is 0 Å². The number of carbonyl (C=O) groups is 1. The normalized spacial score (nSPS) is 16.0. The van der Waals surface area contributed by atoms with E-state index in [4.69, 9.17) is 9.47 Å². The van der Waals surface area contributed by atoms with Gasteiger partial charge in [0.25, 0.3) is 0 Å². The molecule has 2 N–H and O–H groups in total. The highest BCUT2D eigenvalue weighted by atomic mass is 16.5. The van der Waals surface area contributed by atoms with E-state index in [1.54, 1.807) is 13.2 Å². The minimum atomic E-state index is -0.305. The van der Waals surface area contributed by atoms with E-state index in [1.165, 1.54) is 11.1 Å². The summed E-state index contributed by atoms with van der Waals surface area (Å²) in [5.74, 6) is 0.949. The van der Waals surface area contributed by atoms with Crippen LogP contribution in [-0.4, -0.2) is 31.3 Å². The number of hydrogen-bond acceptors (Lipinski definition) is 4. The molecule has 2 aromatic rings. The topological polar surface area (TPSA) is 72.5 Å². The van der Waals surface area contributed by atoms with Gasteiger partial charge in [-0.05, 0) is 43.0 Å². The van der Waals surface area contributed by atoms with Crippen LogP contribution < -0.4 is 15.4 Å². The van der Waals surface area contributed by atoms with Crippen molar-refractivity contribution in [1.29, 1.82) is 0 Å². The van der Waals surface area contributed by atoms with E-state index in [9.17, 15) is 4.79 Å². The Morgan fingerprint density at radius 2 is 2.16 bits per heavy atom. The van der Waals surface area contributed by atoms with Gasteiger partial charge in [0.05, 0.1) is 19.8 Å². The van der Waals surface area contributed by atoms with E-state index in [0.717, 1.165) is 25.1 Å². The van der Waals surface area contributed by atoms with Crippen LogP contribution in [0.25, 0.3) is 0 Å². The van der Waals surface area contributed by atoms with Crippen molar-refractivity contribution in [3.63, 3.8) is 0 Å². The van der Waals surface area contributed by atoms with Gasteiger partial charge in [-0.3, -0.25) is 5.32 Å². The van der Waals surface area contributed by atoms with Crippen molar-refractivity contribution >= 4 is 11.8 Å². The summed E-state index contributed by atoms with van der Waals surface area (Å²) in [6.07, 6.45) is 1.69. The van der Waals surface area contributed by atoms with Gasteiger partial charge < -0.3 is 14.8 Å². The predicted octanol–water partition coefficient (Wildman–Crippen LogP) is 3.22. The van der Waals surface area contributed by atoms with Crippen molar-refractivity contribution in [3.05, 3.63) is 53.2 Å². The summed E-state index contributed by atoms with van der Waals surface area (Å²) in [6.45, 7) is 3.09. The quantitative estimate of drug-likeness (QED) is 0.876. The Hall–Kier alpha value is -2.60. The zero-order chi connectivity index (χ0) is 17.6. The Labute approximate surface area is 147 Å². The molecule has 0 spiro atoms. The summed E-state index contributed by atoms with van der Waals surface area (Å²) >= 11 is 0. The number of ether oxygens (including phenoxy) is 2. The molecule has 1 aliphatic rings. The minimum Gasteiger partial charge on any atom is -0.493 e. The number of aryl methyl sites for hydroxylation is 1. The van der Waals surface area contributed by atoms with Crippen LogP contribution in [0.4, 0.5) is 10.6 Å². The second-order valence-corrected chi connectivity index (χ2v) is 5.98. The molecule has 1 aromatic carbocycles. The molecule has 2 heterocycles. The number of urea groups is 1. The van der Waals surface area contributed by atoms with Crippen molar-refractivity contribution in [1.82, 2.24) is 10.3 Å². The highest BCUT2D eigenvalue weighted by molar-refractivity contribution is 5.89. The summed E-state index contributed by atoms with van der Waals surface area (Å²) in [7, 11) is 1.55. The molecule has 132 valence electrons. The average Bonchev–Trinajstić information content (AvgIpc) is 2.62. The maximum atomic E-state index is 12.1. The number of aromatic nitrogens is 1. The van der Waals surface area contributed by atoms with Crippen LogP contribution in [0.3, 0.4) is 0 Å². The maximum absolute atomic E-state index is 12.1. The van der Waals surface area contributed by atoms with Crippen molar-refractivity contribution in [2.24, 2.45) is 0 Å². The van der Waals surface area contributed by atoms with Crippen LogP contribution in [0.5, 0.6) is 5.75 Å².